The third kappa shape index (κ3) is 10.8. The lowest BCUT2D eigenvalue weighted by atomic mass is 9.33. The number of nitrogens with two attached hydrogens (primary N) is 1. The Hall–Kier alpha value is -12.5. The second kappa shape index (κ2) is 25.6. The van der Waals surface area contributed by atoms with E-state index in [-0.39, 0.29) is 12.1 Å². The van der Waals surface area contributed by atoms with Crippen LogP contribution in [0.4, 0.5) is 51.2 Å². The summed E-state index contributed by atoms with van der Waals surface area (Å²) in [7, 11) is 0. The molecule has 103 heavy (non-hydrogen) atoms. The molecule has 0 radical (unpaired) electrons. The van der Waals surface area contributed by atoms with Gasteiger partial charge in [-0.3, -0.25) is 0 Å². The summed E-state index contributed by atoms with van der Waals surface area (Å²) >= 11 is 0. The number of benzene rings is 15. The number of para-hydroxylation sites is 6. The number of aryl methyl sites for hydroxylation is 2. The molecule has 5 nitrogen and oxygen atoms in total. The van der Waals surface area contributed by atoms with Crippen molar-refractivity contribution in [3.63, 3.8) is 0 Å². The maximum atomic E-state index is 7.01. The summed E-state index contributed by atoms with van der Waals surface area (Å²) in [5.41, 5.74) is 42.0. The van der Waals surface area contributed by atoms with Gasteiger partial charge in [-0.15, -0.1) is 0 Å². The minimum absolute atomic E-state index is 0.260. The van der Waals surface area contributed by atoms with E-state index in [0.29, 0.717) is 6.54 Å². The number of fused-ring (bicyclic) bond motifs is 7. The van der Waals surface area contributed by atoms with Gasteiger partial charge in [-0.2, -0.15) is 0 Å². The summed E-state index contributed by atoms with van der Waals surface area (Å²) < 4.78 is 2.51. The lowest BCUT2D eigenvalue weighted by Gasteiger charge is -2.45. The number of aromatic nitrogens is 1. The fourth-order valence-corrected chi connectivity index (χ4v) is 16.8. The molecule has 492 valence electrons. The summed E-state index contributed by atoms with van der Waals surface area (Å²) in [6, 6.07) is 129. The summed E-state index contributed by atoms with van der Waals surface area (Å²) in [4.78, 5) is 7.67. The van der Waals surface area contributed by atoms with Crippen LogP contribution in [-0.2, 0) is 12.0 Å². The molecule has 0 amide bonds. The zero-order valence-electron chi connectivity index (χ0n) is 58.6. The van der Waals surface area contributed by atoms with Gasteiger partial charge in [0.1, 0.15) is 0 Å². The van der Waals surface area contributed by atoms with Crippen LogP contribution < -0.4 is 36.8 Å². The molecule has 0 saturated carbocycles. The molecule has 2 N–H and O–H groups in total. The lowest BCUT2D eigenvalue weighted by molar-refractivity contribution is 0.584. The van der Waals surface area contributed by atoms with Crippen molar-refractivity contribution in [2.75, 3.05) is 14.7 Å². The molecule has 6 heteroatoms. The molecule has 0 unspecified atom stereocenters. The first kappa shape index (κ1) is 62.8. The third-order valence-corrected chi connectivity index (χ3v) is 21.3. The maximum Gasteiger partial charge on any atom is 0.252 e. The molecule has 2 aliphatic rings. The Morgan fingerprint density at radius 3 is 1.24 bits per heavy atom. The van der Waals surface area contributed by atoms with E-state index in [0.717, 1.165) is 129 Å². The highest BCUT2D eigenvalue weighted by Crippen LogP contribution is 2.53. The molecule has 15 aromatic carbocycles. The topological polar surface area (TPSA) is 40.7 Å². The fraction of sp³-hybridized carbons (Fsp3) is 0.0722. The quantitative estimate of drug-likeness (QED) is 0.117. The Morgan fingerprint density at radius 1 is 0.320 bits per heavy atom. The normalized spacial score (nSPS) is 12.3. The van der Waals surface area contributed by atoms with Gasteiger partial charge in [0, 0.05) is 73.8 Å². The van der Waals surface area contributed by atoms with Gasteiger partial charge in [0.05, 0.1) is 28.1 Å². The van der Waals surface area contributed by atoms with Gasteiger partial charge in [0.15, 0.2) is 0 Å². The molecule has 0 fully saturated rings. The Morgan fingerprint density at radius 2 is 0.738 bits per heavy atom. The van der Waals surface area contributed by atoms with E-state index in [1.54, 1.807) is 0 Å². The summed E-state index contributed by atoms with van der Waals surface area (Å²) in [5, 5.41) is 2.43. The zero-order valence-corrected chi connectivity index (χ0v) is 58.6. The summed E-state index contributed by atoms with van der Waals surface area (Å²) in [5.74, 6) is 0. The predicted octanol–water partition coefficient (Wildman–Crippen LogP) is 23.7. The van der Waals surface area contributed by atoms with E-state index in [1.165, 1.54) is 55.0 Å². The van der Waals surface area contributed by atoms with Gasteiger partial charge in [-0.25, -0.2) is 0 Å². The molecular formula is C97H76BN5. The minimum atomic E-state index is -0.332. The molecule has 2 aliphatic heterocycles. The molecular weight excluding hydrogens is 1250 g/mol. The fourth-order valence-electron chi connectivity index (χ4n) is 16.8. The predicted molar refractivity (Wildman–Crippen MR) is 438 cm³/mol. The Labute approximate surface area is 604 Å². The van der Waals surface area contributed by atoms with Crippen molar-refractivity contribution < 1.29 is 0 Å². The average molecular weight is 1320 g/mol. The number of hydrogen-bond donors (Lipinski definition) is 1. The standard InChI is InChI=1S/C97H76BN5/c1-64-30-18-20-40-77(64)72-56-70(57-73(58-72)78-41-21-19-31-65(78)2)71-60-92-96-93(61-71)103(86-47-27-23-43-80(86)67-34-12-7-13-35-67)91-62-76(100(74-36-14-8-15-37-74)75-38-16-9-17-39-75)52-54-84(91)98(96)83-53-50-68(59-90(83)102(92)85-46-26-22-42-79(85)66-32-10-6-11-33-66)94-89(55-51-69(63-99)95(94)97(3,4)5)101-87-48-28-24-44-81(87)82-45-25-29-49-88(82)101/h6-62H,63,99H2,1-5H3. The largest absolute Gasteiger partial charge is 0.326 e. The highest BCUT2D eigenvalue weighted by molar-refractivity contribution is 7.00. The second-order valence-corrected chi connectivity index (χ2v) is 28.6. The van der Waals surface area contributed by atoms with Crippen LogP contribution in [0.15, 0.2) is 346 Å². The van der Waals surface area contributed by atoms with Crippen LogP contribution in [-0.4, -0.2) is 11.3 Å². The third-order valence-electron chi connectivity index (χ3n) is 21.3. The van der Waals surface area contributed by atoms with Gasteiger partial charge in [0.2, 0.25) is 0 Å². The first-order valence-electron chi connectivity index (χ1n) is 35.9. The summed E-state index contributed by atoms with van der Waals surface area (Å²) in [6.07, 6.45) is 0. The van der Waals surface area contributed by atoms with Gasteiger partial charge in [0.25, 0.3) is 6.71 Å². The molecule has 0 atom stereocenters. The molecule has 18 rings (SSSR count). The summed E-state index contributed by atoms with van der Waals surface area (Å²) in [6.45, 7) is 11.7. The molecule has 0 spiro atoms. The number of anilines is 9. The molecule has 0 aliphatic carbocycles. The lowest BCUT2D eigenvalue weighted by Crippen LogP contribution is -2.61. The van der Waals surface area contributed by atoms with Crippen LogP contribution >= 0.6 is 0 Å². The van der Waals surface area contributed by atoms with Crippen LogP contribution in [0, 0.1) is 13.8 Å². The first-order chi connectivity index (χ1) is 50.6. The van der Waals surface area contributed by atoms with E-state index >= 15 is 0 Å². The van der Waals surface area contributed by atoms with Crippen LogP contribution in [0.2, 0.25) is 0 Å². The number of hydrogen-bond acceptors (Lipinski definition) is 4. The highest BCUT2D eigenvalue weighted by atomic mass is 15.2. The van der Waals surface area contributed by atoms with Crippen LogP contribution in [0.25, 0.3) is 94.3 Å². The van der Waals surface area contributed by atoms with E-state index in [9.17, 15) is 0 Å². The van der Waals surface area contributed by atoms with Crippen molar-refractivity contribution in [3.05, 3.63) is 368 Å². The highest BCUT2D eigenvalue weighted by Gasteiger charge is 2.45. The van der Waals surface area contributed by atoms with Crippen molar-refractivity contribution in [3.8, 4) is 72.4 Å². The Kier molecular flexibility index (Phi) is 15.6. The van der Waals surface area contributed by atoms with Crippen molar-refractivity contribution in [2.45, 2.75) is 46.6 Å². The molecule has 0 saturated heterocycles. The maximum absolute atomic E-state index is 7.01. The number of nitrogens with zero attached hydrogens (tertiary/aromatic N) is 4. The van der Waals surface area contributed by atoms with Crippen LogP contribution in [0.3, 0.4) is 0 Å². The van der Waals surface area contributed by atoms with Gasteiger partial charge in [-0.05, 0) is 211 Å². The average Bonchev–Trinajstić information content (AvgIpc) is 1.10. The van der Waals surface area contributed by atoms with Crippen molar-refractivity contribution in [2.24, 2.45) is 5.73 Å². The first-order valence-corrected chi connectivity index (χ1v) is 35.9. The van der Waals surface area contributed by atoms with Crippen LogP contribution in [0.1, 0.15) is 43.0 Å². The minimum Gasteiger partial charge on any atom is -0.326 e. The molecule has 3 heterocycles. The zero-order chi connectivity index (χ0) is 69.5. The van der Waals surface area contributed by atoms with Gasteiger partial charge < -0.3 is 25.0 Å². The molecule has 1 aromatic heterocycles. The van der Waals surface area contributed by atoms with Gasteiger partial charge >= 0.3 is 0 Å². The van der Waals surface area contributed by atoms with E-state index in [2.05, 4.69) is 400 Å². The van der Waals surface area contributed by atoms with E-state index in [1.807, 2.05) is 0 Å². The monoisotopic (exact) mass is 1320 g/mol. The SMILES string of the molecule is Cc1ccccc1-c1cc(-c2cc3c4c(c2)N(c2ccccc2-c2ccccc2)c2cc(N(c5ccccc5)c5ccccc5)ccc2B4c2ccc(-c4c(-n5c6ccccc6c6ccccc65)ccc(CN)c4C(C)(C)C)cc2N3c2ccccc2-c2ccccc2)cc(-c2ccccc2C)c1. The molecule has 16 aromatic rings. The van der Waals surface area contributed by atoms with Crippen molar-refractivity contribution >= 4 is 96.1 Å². The van der Waals surface area contributed by atoms with Crippen molar-refractivity contribution in [1.29, 1.82) is 0 Å². The molecule has 0 bridgehead atoms. The Balaban J connectivity index is 1.00. The van der Waals surface area contributed by atoms with E-state index in [4.69, 9.17) is 5.73 Å². The van der Waals surface area contributed by atoms with E-state index < -0.39 is 0 Å². The van der Waals surface area contributed by atoms with Crippen LogP contribution in [0.5, 0.6) is 0 Å². The second-order valence-electron chi connectivity index (χ2n) is 28.6. The van der Waals surface area contributed by atoms with Gasteiger partial charge in [-0.1, -0.05) is 263 Å². The van der Waals surface area contributed by atoms with Crippen molar-refractivity contribution in [1.82, 2.24) is 4.57 Å². The smallest absolute Gasteiger partial charge is 0.252 e. The Bertz CT molecular complexity index is 5800. The number of rotatable bonds is 13.